The summed E-state index contributed by atoms with van der Waals surface area (Å²) in [5, 5.41) is 14.5. The van der Waals surface area contributed by atoms with E-state index in [1.807, 2.05) is 6.92 Å². The number of fused-ring (bicyclic) bond motifs is 1. The summed E-state index contributed by atoms with van der Waals surface area (Å²) in [7, 11) is 0. The third kappa shape index (κ3) is 7.91. The third-order valence-electron chi connectivity index (χ3n) is 8.18. The highest BCUT2D eigenvalue weighted by Crippen LogP contribution is 2.34. The summed E-state index contributed by atoms with van der Waals surface area (Å²) in [5.41, 5.74) is -1.17. The lowest BCUT2D eigenvalue weighted by molar-refractivity contribution is -0.137. The molecule has 3 heterocycles. The van der Waals surface area contributed by atoms with Crippen LogP contribution in [0.15, 0.2) is 51.7 Å². The Labute approximate surface area is 291 Å². The molecule has 15 heteroatoms. The second kappa shape index (κ2) is 13.6. The summed E-state index contributed by atoms with van der Waals surface area (Å²) in [6.45, 7) is 11.5. The average Bonchev–Trinajstić information content (AvgIpc) is 3.48. The SMILES string of the molecule is CCc1c(CC(=O)Nc2ccc(C(F)(F)F)cc2Cl)c2nc(-c3ccc(C(C)(C)O)cc3)oc2c(=O)n1N1CCN(C(=O)OC(C)(C)C)CC1. The van der Waals surface area contributed by atoms with E-state index in [2.05, 4.69) is 10.3 Å². The van der Waals surface area contributed by atoms with Gasteiger partial charge in [-0.05, 0) is 76.9 Å². The van der Waals surface area contributed by atoms with Crippen LogP contribution in [-0.2, 0) is 34.2 Å². The van der Waals surface area contributed by atoms with E-state index < -0.39 is 40.5 Å². The fraction of sp³-hybridized carbons (Fsp3) is 0.429. The largest absolute Gasteiger partial charge is 0.444 e. The number of anilines is 1. The van der Waals surface area contributed by atoms with E-state index >= 15 is 0 Å². The van der Waals surface area contributed by atoms with Gasteiger partial charge >= 0.3 is 17.8 Å². The summed E-state index contributed by atoms with van der Waals surface area (Å²) in [4.78, 5) is 46.6. The standard InChI is InChI=1S/C35H39ClF3N5O6/c1-7-26-23(19-27(45)40-25-13-12-22(18-24(25)36)35(37,38)39)28-29(49-30(41-28)20-8-10-21(11-9-20)34(5,6)48)31(46)44(26)43-16-14-42(15-17-43)32(47)50-33(2,3)4/h8-13,18,48H,7,14-17,19H2,1-6H3,(H,40,45). The Kier molecular flexibility index (Phi) is 10.0. The smallest absolute Gasteiger partial charge is 0.416 e. The lowest BCUT2D eigenvalue weighted by atomic mass is 9.97. The lowest BCUT2D eigenvalue weighted by Crippen LogP contribution is -2.56. The number of ether oxygens (including phenoxy) is 1. The van der Waals surface area contributed by atoms with Gasteiger partial charge in [-0.15, -0.1) is 0 Å². The molecule has 0 aliphatic carbocycles. The maximum Gasteiger partial charge on any atom is 0.416 e. The monoisotopic (exact) mass is 717 g/mol. The van der Waals surface area contributed by atoms with Gasteiger partial charge in [0.05, 0.1) is 41.4 Å². The number of rotatable bonds is 7. The van der Waals surface area contributed by atoms with Crippen LogP contribution >= 0.6 is 11.6 Å². The molecule has 268 valence electrons. The predicted octanol–water partition coefficient (Wildman–Crippen LogP) is 6.49. The molecule has 4 aromatic rings. The molecule has 50 heavy (non-hydrogen) atoms. The van der Waals surface area contributed by atoms with Crippen LogP contribution in [0, 0.1) is 0 Å². The van der Waals surface area contributed by atoms with Gasteiger partial charge in [0, 0.05) is 29.9 Å². The van der Waals surface area contributed by atoms with Crippen molar-refractivity contribution in [3.05, 3.63) is 80.2 Å². The fourth-order valence-corrected chi connectivity index (χ4v) is 5.93. The highest BCUT2D eigenvalue weighted by molar-refractivity contribution is 6.33. The van der Waals surface area contributed by atoms with Crippen LogP contribution in [0.25, 0.3) is 22.6 Å². The number of piperazine rings is 1. The number of nitrogens with zero attached hydrogens (tertiary/aromatic N) is 4. The first kappa shape index (κ1) is 36.7. The summed E-state index contributed by atoms with van der Waals surface area (Å²) in [6, 6.07) is 9.46. The van der Waals surface area contributed by atoms with E-state index in [0.717, 1.165) is 18.2 Å². The van der Waals surface area contributed by atoms with Gasteiger partial charge in [0.1, 0.15) is 11.1 Å². The van der Waals surface area contributed by atoms with Gasteiger partial charge in [-0.1, -0.05) is 30.7 Å². The van der Waals surface area contributed by atoms with Crippen molar-refractivity contribution in [1.29, 1.82) is 0 Å². The second-order valence-corrected chi connectivity index (χ2v) is 14.0. The minimum absolute atomic E-state index is 0.0155. The number of carbonyl (C=O) groups is 2. The van der Waals surface area contributed by atoms with Crippen molar-refractivity contribution < 1.29 is 37.0 Å². The van der Waals surface area contributed by atoms with Gasteiger partial charge in [-0.3, -0.25) is 9.59 Å². The summed E-state index contributed by atoms with van der Waals surface area (Å²) in [6.07, 6.45) is -5.10. The minimum Gasteiger partial charge on any atom is -0.444 e. The maximum atomic E-state index is 14.2. The molecule has 2 aromatic heterocycles. The Balaban J connectivity index is 1.55. The first-order valence-electron chi connectivity index (χ1n) is 16.1. The van der Waals surface area contributed by atoms with Crippen molar-refractivity contribution in [2.75, 3.05) is 36.5 Å². The van der Waals surface area contributed by atoms with Crippen LogP contribution in [0.2, 0.25) is 5.02 Å². The van der Waals surface area contributed by atoms with E-state index in [1.165, 1.54) is 4.68 Å². The zero-order chi connectivity index (χ0) is 36.8. The molecule has 1 aliphatic heterocycles. The number of oxazole rings is 1. The molecule has 0 bridgehead atoms. The van der Waals surface area contributed by atoms with Crippen LogP contribution in [0.5, 0.6) is 0 Å². The number of carbonyl (C=O) groups excluding carboxylic acids is 2. The molecule has 0 unspecified atom stereocenters. The first-order chi connectivity index (χ1) is 23.3. The molecular formula is C35H39ClF3N5O6. The molecule has 0 saturated carbocycles. The quantitative estimate of drug-likeness (QED) is 0.222. The Hall–Kier alpha value is -4.56. The normalized spacial score (nSPS) is 14.3. The Morgan fingerprint density at radius 1 is 1.00 bits per heavy atom. The molecule has 2 N–H and O–H groups in total. The number of alkyl halides is 3. The molecule has 1 fully saturated rings. The molecule has 2 aromatic carbocycles. The van der Waals surface area contributed by atoms with Gasteiger partial charge < -0.3 is 29.5 Å². The second-order valence-electron chi connectivity index (χ2n) is 13.6. The highest BCUT2D eigenvalue weighted by Gasteiger charge is 2.32. The van der Waals surface area contributed by atoms with Gasteiger partial charge in [0.25, 0.3) is 0 Å². The number of hydrogen-bond acceptors (Lipinski definition) is 8. The Bertz CT molecular complexity index is 1970. The summed E-state index contributed by atoms with van der Waals surface area (Å²) < 4.78 is 52.6. The number of halogens is 4. The minimum atomic E-state index is -4.61. The average molecular weight is 718 g/mol. The number of amides is 2. The maximum absolute atomic E-state index is 14.2. The molecule has 11 nitrogen and oxygen atoms in total. The third-order valence-corrected chi connectivity index (χ3v) is 8.49. The number of nitrogens with one attached hydrogen (secondary N) is 1. The molecule has 0 atom stereocenters. The Morgan fingerprint density at radius 3 is 2.16 bits per heavy atom. The van der Waals surface area contributed by atoms with Gasteiger partial charge in [0.15, 0.2) is 0 Å². The van der Waals surface area contributed by atoms with Gasteiger partial charge in [-0.25, -0.2) is 14.5 Å². The van der Waals surface area contributed by atoms with Crippen LogP contribution in [0.3, 0.4) is 0 Å². The van der Waals surface area contributed by atoms with E-state index in [1.54, 1.807) is 68.8 Å². The van der Waals surface area contributed by atoms with Crippen molar-refractivity contribution in [3.8, 4) is 11.5 Å². The number of benzene rings is 2. The van der Waals surface area contributed by atoms with Crippen LogP contribution in [-0.4, -0.2) is 63.4 Å². The topological polar surface area (TPSA) is 130 Å². The van der Waals surface area contributed by atoms with E-state index in [4.69, 9.17) is 20.8 Å². The zero-order valence-corrected chi connectivity index (χ0v) is 29.3. The lowest BCUT2D eigenvalue weighted by Gasteiger charge is -2.38. The van der Waals surface area contributed by atoms with Crippen molar-refractivity contribution in [2.45, 2.75) is 71.8 Å². The molecular weight excluding hydrogens is 679 g/mol. The van der Waals surface area contributed by atoms with Crippen molar-refractivity contribution in [3.63, 3.8) is 0 Å². The molecule has 1 saturated heterocycles. The van der Waals surface area contributed by atoms with Crippen LogP contribution in [0.1, 0.15) is 63.9 Å². The summed E-state index contributed by atoms with van der Waals surface area (Å²) in [5.74, 6) is -0.497. The predicted molar refractivity (Wildman–Crippen MR) is 183 cm³/mol. The number of aliphatic hydroxyl groups is 1. The van der Waals surface area contributed by atoms with E-state index in [-0.39, 0.29) is 60.3 Å². The van der Waals surface area contributed by atoms with Crippen molar-refractivity contribution in [2.24, 2.45) is 0 Å². The first-order valence-corrected chi connectivity index (χ1v) is 16.4. The molecule has 1 aliphatic rings. The number of pyridine rings is 1. The van der Waals surface area contributed by atoms with Crippen molar-refractivity contribution in [1.82, 2.24) is 14.6 Å². The Morgan fingerprint density at radius 2 is 1.62 bits per heavy atom. The summed E-state index contributed by atoms with van der Waals surface area (Å²) >= 11 is 6.12. The highest BCUT2D eigenvalue weighted by atomic mass is 35.5. The fourth-order valence-electron chi connectivity index (χ4n) is 5.70. The van der Waals surface area contributed by atoms with Gasteiger partial charge in [-0.2, -0.15) is 13.2 Å². The number of aromatic nitrogens is 2. The van der Waals surface area contributed by atoms with Crippen LogP contribution < -0.4 is 15.9 Å². The molecule has 2 amide bonds. The van der Waals surface area contributed by atoms with E-state index in [9.17, 15) is 32.7 Å². The van der Waals surface area contributed by atoms with E-state index in [0.29, 0.717) is 28.8 Å². The number of hydrogen-bond donors (Lipinski definition) is 2. The molecule has 0 radical (unpaired) electrons. The van der Waals surface area contributed by atoms with Crippen LogP contribution in [0.4, 0.5) is 23.7 Å². The molecule has 0 spiro atoms. The van der Waals surface area contributed by atoms with Gasteiger partial charge in [0.2, 0.25) is 17.4 Å². The van der Waals surface area contributed by atoms with Crippen molar-refractivity contribution >= 4 is 40.4 Å². The zero-order valence-electron chi connectivity index (χ0n) is 28.6. The molecule has 5 rings (SSSR count).